The summed E-state index contributed by atoms with van der Waals surface area (Å²) in [6.45, 7) is 0.336. The van der Waals surface area contributed by atoms with Crippen molar-refractivity contribution in [2.75, 3.05) is 6.54 Å². The Labute approximate surface area is 138 Å². The second kappa shape index (κ2) is 6.18. The molecular formula is C16H15F3N2O2S. The van der Waals surface area contributed by atoms with E-state index in [0.29, 0.717) is 19.4 Å². The van der Waals surface area contributed by atoms with E-state index in [1.165, 1.54) is 4.31 Å². The summed E-state index contributed by atoms with van der Waals surface area (Å²) in [7, 11) is -3.86. The molecule has 2 heterocycles. The molecule has 1 saturated heterocycles. The maximum atomic E-state index is 12.8. The molecule has 1 fully saturated rings. The number of rotatable bonds is 3. The predicted octanol–water partition coefficient (Wildman–Crippen LogP) is 3.63. The molecule has 1 aromatic heterocycles. The number of nitrogens with zero attached hydrogens (tertiary/aromatic N) is 2. The van der Waals surface area contributed by atoms with Crippen molar-refractivity contribution >= 4 is 10.0 Å². The lowest BCUT2D eigenvalue weighted by atomic mass is 10.1. The van der Waals surface area contributed by atoms with Crippen molar-refractivity contribution in [1.29, 1.82) is 0 Å². The second-order valence-corrected chi connectivity index (χ2v) is 7.47. The lowest BCUT2D eigenvalue weighted by Crippen LogP contribution is -2.30. The molecule has 0 N–H and O–H groups in total. The van der Waals surface area contributed by atoms with E-state index in [9.17, 15) is 21.6 Å². The van der Waals surface area contributed by atoms with Gasteiger partial charge < -0.3 is 0 Å². The molecule has 0 amide bonds. The molecule has 1 aliphatic heterocycles. The number of aromatic nitrogens is 1. The first-order valence-electron chi connectivity index (χ1n) is 7.39. The number of benzene rings is 1. The Morgan fingerprint density at radius 2 is 1.83 bits per heavy atom. The molecule has 24 heavy (non-hydrogen) atoms. The van der Waals surface area contributed by atoms with E-state index in [4.69, 9.17) is 0 Å². The lowest BCUT2D eigenvalue weighted by Gasteiger charge is -2.24. The van der Waals surface area contributed by atoms with E-state index < -0.39 is 21.8 Å². The normalized spacial score (nSPS) is 19.5. The van der Waals surface area contributed by atoms with Crippen LogP contribution in [0.5, 0.6) is 0 Å². The van der Waals surface area contributed by atoms with Crippen molar-refractivity contribution in [3.63, 3.8) is 0 Å². The quantitative estimate of drug-likeness (QED) is 0.844. The highest BCUT2D eigenvalue weighted by Gasteiger charge is 2.37. The zero-order chi connectivity index (χ0) is 17.4. The summed E-state index contributed by atoms with van der Waals surface area (Å²) in [6, 6.07) is 6.80. The molecule has 1 atom stereocenters. The lowest BCUT2D eigenvalue weighted by molar-refractivity contribution is -0.137. The molecule has 128 valence electrons. The largest absolute Gasteiger partial charge is 0.416 e. The van der Waals surface area contributed by atoms with E-state index >= 15 is 0 Å². The van der Waals surface area contributed by atoms with Gasteiger partial charge >= 0.3 is 6.18 Å². The van der Waals surface area contributed by atoms with Crippen LogP contribution in [0.25, 0.3) is 0 Å². The van der Waals surface area contributed by atoms with Crippen molar-refractivity contribution in [1.82, 2.24) is 9.29 Å². The Morgan fingerprint density at radius 1 is 1.12 bits per heavy atom. The van der Waals surface area contributed by atoms with Gasteiger partial charge in [0.05, 0.1) is 16.5 Å². The second-order valence-electron chi connectivity index (χ2n) is 5.58. The van der Waals surface area contributed by atoms with Crippen molar-refractivity contribution in [3.8, 4) is 0 Å². The molecule has 4 nitrogen and oxygen atoms in total. The third-order valence-electron chi connectivity index (χ3n) is 4.06. The number of hydrogen-bond donors (Lipinski definition) is 0. The van der Waals surface area contributed by atoms with Crippen LogP contribution in [0.3, 0.4) is 0 Å². The first-order valence-corrected chi connectivity index (χ1v) is 8.83. The third kappa shape index (κ3) is 3.16. The molecule has 8 heteroatoms. The SMILES string of the molecule is O=S(=O)(c1ccc(C(F)(F)F)cc1)N1CCCC1c1cccnc1. The zero-order valence-corrected chi connectivity index (χ0v) is 13.4. The van der Waals surface area contributed by atoms with Crippen LogP contribution in [0.1, 0.15) is 30.0 Å². The fourth-order valence-electron chi connectivity index (χ4n) is 2.89. The van der Waals surface area contributed by atoms with Gasteiger partial charge in [0.15, 0.2) is 0 Å². The van der Waals surface area contributed by atoms with E-state index in [0.717, 1.165) is 29.8 Å². The molecule has 0 spiro atoms. The van der Waals surface area contributed by atoms with E-state index in [-0.39, 0.29) is 10.9 Å². The molecule has 1 aromatic carbocycles. The molecule has 3 rings (SSSR count). The van der Waals surface area contributed by atoms with Crippen LogP contribution in [0.15, 0.2) is 53.7 Å². The highest BCUT2D eigenvalue weighted by atomic mass is 32.2. The topological polar surface area (TPSA) is 50.3 Å². The molecule has 0 radical (unpaired) electrons. The highest BCUT2D eigenvalue weighted by Crippen LogP contribution is 2.37. The molecule has 2 aromatic rings. The standard InChI is InChI=1S/C16H15F3N2O2S/c17-16(18,19)13-5-7-14(8-6-13)24(22,23)21-10-2-4-15(21)12-3-1-9-20-11-12/h1,3,5-9,11,15H,2,4,10H2. The van der Waals surface area contributed by atoms with Gasteiger partial charge in [-0.2, -0.15) is 17.5 Å². The van der Waals surface area contributed by atoms with E-state index in [1.54, 1.807) is 24.5 Å². The van der Waals surface area contributed by atoms with Gasteiger partial charge in [0, 0.05) is 18.9 Å². The molecule has 0 saturated carbocycles. The maximum Gasteiger partial charge on any atom is 0.416 e. The molecule has 1 aliphatic rings. The average Bonchev–Trinajstić information content (AvgIpc) is 3.05. The molecule has 0 bridgehead atoms. The van der Waals surface area contributed by atoms with Gasteiger partial charge in [-0.3, -0.25) is 4.98 Å². The summed E-state index contributed by atoms with van der Waals surface area (Å²) in [4.78, 5) is 3.88. The fraction of sp³-hybridized carbons (Fsp3) is 0.312. The zero-order valence-electron chi connectivity index (χ0n) is 12.6. The number of alkyl halides is 3. The summed E-state index contributed by atoms with van der Waals surface area (Å²) in [5.74, 6) is 0. The fourth-order valence-corrected chi connectivity index (χ4v) is 4.57. The first-order chi connectivity index (χ1) is 11.3. The highest BCUT2D eigenvalue weighted by molar-refractivity contribution is 7.89. The van der Waals surface area contributed by atoms with Crippen LogP contribution in [0.2, 0.25) is 0 Å². The summed E-state index contributed by atoms with van der Waals surface area (Å²) < 4.78 is 64.8. The minimum atomic E-state index is -4.49. The van der Waals surface area contributed by atoms with Crippen molar-refractivity contribution in [2.24, 2.45) is 0 Å². The first kappa shape index (κ1) is 16.9. The van der Waals surface area contributed by atoms with Gasteiger partial charge in [-0.15, -0.1) is 0 Å². The number of halogens is 3. The minimum Gasteiger partial charge on any atom is -0.264 e. The van der Waals surface area contributed by atoms with E-state index in [1.807, 2.05) is 0 Å². The average molecular weight is 356 g/mol. The Balaban J connectivity index is 1.92. The van der Waals surface area contributed by atoms with Gasteiger partial charge in [-0.1, -0.05) is 6.07 Å². The summed E-state index contributed by atoms with van der Waals surface area (Å²) in [5.41, 5.74) is -0.0860. The van der Waals surface area contributed by atoms with E-state index in [2.05, 4.69) is 4.98 Å². The summed E-state index contributed by atoms with van der Waals surface area (Å²) in [5, 5.41) is 0. The molecule has 0 aliphatic carbocycles. The van der Waals surface area contributed by atoms with Gasteiger partial charge in [-0.25, -0.2) is 8.42 Å². The summed E-state index contributed by atoms with van der Waals surface area (Å²) >= 11 is 0. The van der Waals surface area contributed by atoms with Crippen LogP contribution in [-0.2, 0) is 16.2 Å². The predicted molar refractivity (Wildman–Crippen MR) is 81.5 cm³/mol. The van der Waals surface area contributed by atoms with Crippen LogP contribution in [0.4, 0.5) is 13.2 Å². The Bertz CT molecular complexity index is 805. The Kier molecular flexibility index (Phi) is 4.35. The van der Waals surface area contributed by atoms with Gasteiger partial charge in [-0.05, 0) is 48.7 Å². The van der Waals surface area contributed by atoms with Crippen LogP contribution in [0, 0.1) is 0 Å². The van der Waals surface area contributed by atoms with Crippen molar-refractivity contribution in [2.45, 2.75) is 30.0 Å². The summed E-state index contributed by atoms with van der Waals surface area (Å²) in [6.07, 6.45) is 0.0809. The van der Waals surface area contributed by atoms with Crippen LogP contribution < -0.4 is 0 Å². The number of pyridine rings is 1. The van der Waals surface area contributed by atoms with Crippen LogP contribution in [-0.4, -0.2) is 24.3 Å². The van der Waals surface area contributed by atoms with Gasteiger partial charge in [0.1, 0.15) is 0 Å². The monoisotopic (exact) mass is 356 g/mol. The van der Waals surface area contributed by atoms with Crippen molar-refractivity contribution < 1.29 is 21.6 Å². The smallest absolute Gasteiger partial charge is 0.264 e. The third-order valence-corrected chi connectivity index (χ3v) is 5.98. The molecule has 1 unspecified atom stereocenters. The molecular weight excluding hydrogens is 341 g/mol. The van der Waals surface area contributed by atoms with Crippen LogP contribution >= 0.6 is 0 Å². The Hall–Kier alpha value is -1.93. The van der Waals surface area contributed by atoms with Gasteiger partial charge in [0.25, 0.3) is 0 Å². The van der Waals surface area contributed by atoms with Crippen molar-refractivity contribution in [3.05, 3.63) is 59.9 Å². The number of hydrogen-bond acceptors (Lipinski definition) is 3. The number of sulfonamides is 1. The Morgan fingerprint density at radius 3 is 2.42 bits per heavy atom. The maximum absolute atomic E-state index is 12.8. The minimum absolute atomic E-state index is 0.133. The van der Waals surface area contributed by atoms with Gasteiger partial charge in [0.2, 0.25) is 10.0 Å².